The van der Waals surface area contributed by atoms with E-state index in [1.165, 1.54) is 55.2 Å². The Morgan fingerprint density at radius 3 is 2.43 bits per heavy atom. The third kappa shape index (κ3) is 3.79. The molecule has 23 heavy (non-hydrogen) atoms. The molecule has 1 aromatic heterocycles. The molecule has 0 amide bonds. The molecule has 0 aliphatic heterocycles. The first-order valence-electron chi connectivity index (χ1n) is 8.78. The smallest absolute Gasteiger partial charge is 0.121 e. The predicted molar refractivity (Wildman–Crippen MR) is 96.4 cm³/mol. The molecule has 0 bridgehead atoms. The van der Waals surface area contributed by atoms with Crippen molar-refractivity contribution in [1.82, 2.24) is 15.4 Å². The van der Waals surface area contributed by atoms with E-state index in [0.29, 0.717) is 0 Å². The van der Waals surface area contributed by atoms with E-state index >= 15 is 0 Å². The van der Waals surface area contributed by atoms with Gasteiger partial charge in [-0.1, -0.05) is 75.4 Å². The van der Waals surface area contributed by atoms with Crippen molar-refractivity contribution in [3.8, 4) is 11.1 Å². The number of rotatable bonds is 8. The van der Waals surface area contributed by atoms with Gasteiger partial charge < -0.3 is 0 Å². The van der Waals surface area contributed by atoms with Crippen LogP contribution in [0.5, 0.6) is 0 Å². The predicted octanol–water partition coefficient (Wildman–Crippen LogP) is 5.53. The van der Waals surface area contributed by atoms with E-state index in [4.69, 9.17) is 0 Å². The number of unbranched alkanes of at least 4 members (excludes halogenated alkanes) is 5. The quantitative estimate of drug-likeness (QED) is 0.556. The topological polar surface area (TPSA) is 41.6 Å². The molecular formula is C20H25N3. The first-order valence-corrected chi connectivity index (χ1v) is 8.78. The number of aromatic amines is 1. The Morgan fingerprint density at radius 1 is 0.826 bits per heavy atom. The second kappa shape index (κ2) is 7.91. The monoisotopic (exact) mass is 307 g/mol. The van der Waals surface area contributed by atoms with Crippen LogP contribution in [0.1, 0.15) is 51.0 Å². The van der Waals surface area contributed by atoms with Gasteiger partial charge in [0.2, 0.25) is 0 Å². The Hall–Kier alpha value is -2.16. The molecule has 3 nitrogen and oxygen atoms in total. The number of hydrogen-bond acceptors (Lipinski definition) is 2. The maximum atomic E-state index is 4.39. The van der Waals surface area contributed by atoms with Gasteiger partial charge in [0.25, 0.3) is 0 Å². The second-order valence-corrected chi connectivity index (χ2v) is 6.17. The lowest BCUT2D eigenvalue weighted by molar-refractivity contribution is 0.608. The summed E-state index contributed by atoms with van der Waals surface area (Å²) >= 11 is 0. The van der Waals surface area contributed by atoms with Gasteiger partial charge in [-0.3, -0.25) is 0 Å². The minimum atomic E-state index is 0.940. The lowest BCUT2D eigenvalue weighted by Gasteiger charge is -2.10. The highest BCUT2D eigenvalue weighted by Gasteiger charge is 2.12. The van der Waals surface area contributed by atoms with Gasteiger partial charge in [0.15, 0.2) is 0 Å². The minimum absolute atomic E-state index is 0.940. The molecular weight excluding hydrogens is 282 g/mol. The molecule has 0 aliphatic rings. The Balaban J connectivity index is 1.80. The molecule has 0 aliphatic carbocycles. The van der Waals surface area contributed by atoms with Crippen molar-refractivity contribution in [2.45, 2.75) is 51.9 Å². The number of H-pyrrole nitrogens is 1. The van der Waals surface area contributed by atoms with Crippen LogP contribution >= 0.6 is 0 Å². The summed E-state index contributed by atoms with van der Waals surface area (Å²) < 4.78 is 0. The SMILES string of the molecule is CCCCCCCCc1ccc2n[nH]nc2c1-c1ccccc1. The summed E-state index contributed by atoms with van der Waals surface area (Å²) in [7, 11) is 0. The van der Waals surface area contributed by atoms with E-state index in [2.05, 4.69) is 64.8 Å². The Morgan fingerprint density at radius 2 is 1.61 bits per heavy atom. The van der Waals surface area contributed by atoms with Crippen LogP contribution in [0.3, 0.4) is 0 Å². The standard InChI is InChI=1S/C20H25N3/c1-2-3-4-5-6-8-13-17-14-15-18-20(22-23-21-18)19(17)16-11-9-7-10-12-16/h7,9-12,14-15H,2-6,8,13H2,1H3,(H,21,22,23). The molecule has 120 valence electrons. The average Bonchev–Trinajstić information content (AvgIpc) is 3.07. The Kier molecular flexibility index (Phi) is 5.41. The molecule has 0 radical (unpaired) electrons. The zero-order valence-electron chi connectivity index (χ0n) is 13.9. The number of benzene rings is 2. The van der Waals surface area contributed by atoms with E-state index in [-0.39, 0.29) is 0 Å². The summed E-state index contributed by atoms with van der Waals surface area (Å²) in [4.78, 5) is 0. The second-order valence-electron chi connectivity index (χ2n) is 6.17. The van der Waals surface area contributed by atoms with Crippen LogP contribution in [0.25, 0.3) is 22.2 Å². The van der Waals surface area contributed by atoms with Gasteiger partial charge in [0.1, 0.15) is 11.0 Å². The largest absolute Gasteiger partial charge is 0.197 e. The maximum Gasteiger partial charge on any atom is 0.121 e. The van der Waals surface area contributed by atoms with E-state index in [1.807, 2.05) is 0 Å². The Bertz CT molecular complexity index is 731. The fourth-order valence-corrected chi connectivity index (χ4v) is 3.19. The average molecular weight is 307 g/mol. The van der Waals surface area contributed by atoms with Crippen molar-refractivity contribution in [3.63, 3.8) is 0 Å². The van der Waals surface area contributed by atoms with Crippen molar-refractivity contribution in [2.75, 3.05) is 0 Å². The molecule has 0 saturated carbocycles. The highest BCUT2D eigenvalue weighted by Crippen LogP contribution is 2.31. The summed E-state index contributed by atoms with van der Waals surface area (Å²) in [5.74, 6) is 0. The van der Waals surface area contributed by atoms with E-state index in [1.54, 1.807) is 0 Å². The summed E-state index contributed by atoms with van der Waals surface area (Å²) in [5, 5.41) is 11.4. The molecule has 2 aromatic carbocycles. The number of aromatic nitrogens is 3. The molecule has 0 saturated heterocycles. The highest BCUT2D eigenvalue weighted by atomic mass is 15.3. The summed E-state index contributed by atoms with van der Waals surface area (Å²) in [6.45, 7) is 2.26. The van der Waals surface area contributed by atoms with Crippen LogP contribution in [0.2, 0.25) is 0 Å². The van der Waals surface area contributed by atoms with Crippen molar-refractivity contribution in [1.29, 1.82) is 0 Å². The fraction of sp³-hybridized carbons (Fsp3) is 0.400. The van der Waals surface area contributed by atoms with Gasteiger partial charge in [-0.15, -0.1) is 0 Å². The van der Waals surface area contributed by atoms with Crippen LogP contribution in [-0.4, -0.2) is 15.4 Å². The zero-order chi connectivity index (χ0) is 15.9. The normalized spacial score (nSPS) is 11.2. The Labute approximate surface area is 138 Å². The molecule has 3 aromatic rings. The lowest BCUT2D eigenvalue weighted by Crippen LogP contribution is -1.93. The van der Waals surface area contributed by atoms with Crippen LogP contribution in [0, 0.1) is 0 Å². The number of fused-ring (bicyclic) bond motifs is 1. The van der Waals surface area contributed by atoms with Crippen molar-refractivity contribution >= 4 is 11.0 Å². The summed E-state index contributed by atoms with van der Waals surface area (Å²) in [6.07, 6.45) is 9.05. The van der Waals surface area contributed by atoms with Gasteiger partial charge in [-0.2, -0.15) is 15.4 Å². The molecule has 0 fully saturated rings. The van der Waals surface area contributed by atoms with Crippen molar-refractivity contribution < 1.29 is 0 Å². The maximum absolute atomic E-state index is 4.39. The number of nitrogens with zero attached hydrogens (tertiary/aromatic N) is 2. The summed E-state index contributed by atoms with van der Waals surface area (Å²) in [6, 6.07) is 14.9. The lowest BCUT2D eigenvalue weighted by atomic mass is 9.94. The van der Waals surface area contributed by atoms with E-state index in [0.717, 1.165) is 17.5 Å². The van der Waals surface area contributed by atoms with Crippen LogP contribution in [-0.2, 0) is 6.42 Å². The number of aryl methyl sites for hydroxylation is 1. The highest BCUT2D eigenvalue weighted by molar-refractivity contribution is 5.93. The molecule has 0 atom stereocenters. The zero-order valence-corrected chi connectivity index (χ0v) is 13.9. The summed E-state index contributed by atoms with van der Waals surface area (Å²) in [5.41, 5.74) is 5.78. The van der Waals surface area contributed by atoms with Crippen LogP contribution in [0.4, 0.5) is 0 Å². The molecule has 1 heterocycles. The number of hydrogen-bond donors (Lipinski definition) is 1. The van der Waals surface area contributed by atoms with Gasteiger partial charge >= 0.3 is 0 Å². The van der Waals surface area contributed by atoms with Gasteiger partial charge in [-0.05, 0) is 30.0 Å². The third-order valence-electron chi connectivity index (χ3n) is 4.44. The minimum Gasteiger partial charge on any atom is -0.197 e. The first kappa shape index (κ1) is 15.7. The molecule has 1 N–H and O–H groups in total. The van der Waals surface area contributed by atoms with Crippen molar-refractivity contribution in [2.24, 2.45) is 0 Å². The molecule has 0 spiro atoms. The third-order valence-corrected chi connectivity index (χ3v) is 4.44. The van der Waals surface area contributed by atoms with Crippen LogP contribution < -0.4 is 0 Å². The number of nitrogens with one attached hydrogen (secondary N) is 1. The van der Waals surface area contributed by atoms with E-state index < -0.39 is 0 Å². The molecule has 3 rings (SSSR count). The molecule has 0 unspecified atom stereocenters. The van der Waals surface area contributed by atoms with Crippen molar-refractivity contribution in [3.05, 3.63) is 48.0 Å². The van der Waals surface area contributed by atoms with E-state index in [9.17, 15) is 0 Å². The van der Waals surface area contributed by atoms with Crippen LogP contribution in [0.15, 0.2) is 42.5 Å². The first-order chi connectivity index (χ1) is 11.4. The molecule has 3 heteroatoms. The fourth-order valence-electron chi connectivity index (χ4n) is 3.19. The van der Waals surface area contributed by atoms with Gasteiger partial charge in [0, 0.05) is 5.56 Å². The van der Waals surface area contributed by atoms with Gasteiger partial charge in [-0.25, -0.2) is 0 Å². The van der Waals surface area contributed by atoms with Gasteiger partial charge in [0.05, 0.1) is 0 Å².